The summed E-state index contributed by atoms with van der Waals surface area (Å²) in [6.45, 7) is 5.98. The number of thiazole rings is 1. The third kappa shape index (κ3) is 4.18. The second kappa shape index (κ2) is 8.28. The number of hydrogen-bond acceptors (Lipinski definition) is 5. The fourth-order valence-electron chi connectivity index (χ4n) is 4.64. The van der Waals surface area contributed by atoms with E-state index in [0.29, 0.717) is 13.0 Å². The Kier molecular flexibility index (Phi) is 5.54. The zero-order chi connectivity index (χ0) is 19.8. The van der Waals surface area contributed by atoms with Crippen LogP contribution in [-0.4, -0.2) is 77.1 Å². The van der Waals surface area contributed by atoms with Gasteiger partial charge in [0.1, 0.15) is 11.2 Å². The number of piperazine rings is 1. The minimum Gasteiger partial charge on any atom is -0.339 e. The van der Waals surface area contributed by atoms with Gasteiger partial charge in [-0.2, -0.15) is 0 Å². The SMILES string of the molecule is O=C(CN1CCc2nc(C3=CCC(F)C=C3)sc2C1)N1CCN(C2CCC2)CC1. The van der Waals surface area contributed by atoms with Gasteiger partial charge in [0.05, 0.1) is 12.2 Å². The van der Waals surface area contributed by atoms with Crippen LogP contribution in [-0.2, 0) is 17.8 Å². The number of halogens is 1. The van der Waals surface area contributed by atoms with Crippen LogP contribution in [0.5, 0.6) is 0 Å². The van der Waals surface area contributed by atoms with Crippen LogP contribution in [0.15, 0.2) is 18.2 Å². The Labute approximate surface area is 175 Å². The molecule has 0 aromatic carbocycles. The molecule has 1 saturated heterocycles. The normalized spacial score (nSPS) is 26.2. The maximum Gasteiger partial charge on any atom is 0.236 e. The molecule has 1 aromatic rings. The summed E-state index contributed by atoms with van der Waals surface area (Å²) in [5.41, 5.74) is 2.18. The van der Waals surface area contributed by atoms with Crippen molar-refractivity contribution in [3.63, 3.8) is 0 Å². The van der Waals surface area contributed by atoms with E-state index < -0.39 is 6.17 Å². The summed E-state index contributed by atoms with van der Waals surface area (Å²) >= 11 is 1.70. The van der Waals surface area contributed by atoms with Crippen LogP contribution in [0, 0.1) is 0 Å². The molecule has 1 unspecified atom stereocenters. The van der Waals surface area contributed by atoms with Crippen molar-refractivity contribution in [2.45, 2.75) is 50.9 Å². The van der Waals surface area contributed by atoms with Gasteiger partial charge in [-0.3, -0.25) is 14.6 Å². The zero-order valence-corrected chi connectivity index (χ0v) is 17.7. The first-order valence-electron chi connectivity index (χ1n) is 10.9. The van der Waals surface area contributed by atoms with Crippen LogP contribution in [0.2, 0.25) is 0 Å². The molecule has 2 aliphatic heterocycles. The molecule has 2 aliphatic carbocycles. The Balaban J connectivity index is 1.15. The van der Waals surface area contributed by atoms with Crippen molar-refractivity contribution in [1.29, 1.82) is 0 Å². The van der Waals surface area contributed by atoms with E-state index in [-0.39, 0.29) is 5.91 Å². The average molecular weight is 417 g/mol. The number of aromatic nitrogens is 1. The highest BCUT2D eigenvalue weighted by Crippen LogP contribution is 2.32. The molecule has 0 bridgehead atoms. The van der Waals surface area contributed by atoms with Crippen molar-refractivity contribution < 1.29 is 9.18 Å². The lowest BCUT2D eigenvalue weighted by Crippen LogP contribution is -2.55. The van der Waals surface area contributed by atoms with Gasteiger partial charge >= 0.3 is 0 Å². The van der Waals surface area contributed by atoms with Crippen molar-refractivity contribution in [1.82, 2.24) is 19.7 Å². The van der Waals surface area contributed by atoms with Gasteiger partial charge < -0.3 is 4.90 Å². The minimum atomic E-state index is -0.870. The molecule has 7 heteroatoms. The molecule has 1 atom stereocenters. The summed E-state index contributed by atoms with van der Waals surface area (Å²) in [7, 11) is 0. The summed E-state index contributed by atoms with van der Waals surface area (Å²) in [5, 5.41) is 0.985. The van der Waals surface area contributed by atoms with Gasteiger partial charge in [0.15, 0.2) is 0 Å². The highest BCUT2D eigenvalue weighted by Gasteiger charge is 2.30. The van der Waals surface area contributed by atoms with Crippen molar-refractivity contribution in [2.75, 3.05) is 39.3 Å². The number of fused-ring (bicyclic) bond motifs is 1. The largest absolute Gasteiger partial charge is 0.339 e. The molecule has 0 N–H and O–H groups in total. The summed E-state index contributed by atoms with van der Waals surface area (Å²) in [4.78, 5) is 25.7. The summed E-state index contributed by atoms with van der Waals surface area (Å²) in [5.74, 6) is 0.262. The van der Waals surface area contributed by atoms with E-state index in [0.717, 1.165) is 68.0 Å². The van der Waals surface area contributed by atoms with Gasteiger partial charge in [-0.25, -0.2) is 9.37 Å². The van der Waals surface area contributed by atoms with Crippen molar-refractivity contribution in [3.8, 4) is 0 Å². The number of carbonyl (C=O) groups excluding carboxylic acids is 1. The Morgan fingerprint density at radius 1 is 1.21 bits per heavy atom. The van der Waals surface area contributed by atoms with Gasteiger partial charge in [-0.1, -0.05) is 18.6 Å². The number of allylic oxidation sites excluding steroid dienone is 4. The molecule has 0 radical (unpaired) electrons. The number of alkyl halides is 1. The smallest absolute Gasteiger partial charge is 0.236 e. The average Bonchev–Trinajstić information content (AvgIpc) is 3.11. The zero-order valence-electron chi connectivity index (χ0n) is 16.9. The molecule has 156 valence electrons. The van der Waals surface area contributed by atoms with Gasteiger partial charge in [0, 0.05) is 68.6 Å². The fraction of sp³-hybridized carbons (Fsp3) is 0.636. The number of rotatable bonds is 4. The number of hydrogen-bond donors (Lipinski definition) is 0. The summed E-state index contributed by atoms with van der Waals surface area (Å²) < 4.78 is 13.3. The highest BCUT2D eigenvalue weighted by atomic mass is 32.1. The van der Waals surface area contributed by atoms with E-state index in [1.54, 1.807) is 17.4 Å². The van der Waals surface area contributed by atoms with Gasteiger partial charge in [0.25, 0.3) is 0 Å². The van der Waals surface area contributed by atoms with E-state index in [1.807, 2.05) is 17.1 Å². The van der Waals surface area contributed by atoms with Crippen LogP contribution in [0.1, 0.15) is 41.3 Å². The molecular weight excluding hydrogens is 387 g/mol. The first-order valence-corrected chi connectivity index (χ1v) is 11.7. The minimum absolute atomic E-state index is 0.262. The molecular formula is C22H29FN4OS. The fourth-order valence-corrected chi connectivity index (χ4v) is 5.81. The van der Waals surface area contributed by atoms with Crippen LogP contribution >= 0.6 is 11.3 Å². The van der Waals surface area contributed by atoms with E-state index >= 15 is 0 Å². The molecule has 5 nitrogen and oxygen atoms in total. The number of amides is 1. The Hall–Kier alpha value is -1.57. The molecule has 4 aliphatic rings. The molecule has 1 amide bonds. The molecule has 1 aromatic heterocycles. The van der Waals surface area contributed by atoms with E-state index in [2.05, 4.69) is 9.80 Å². The number of carbonyl (C=O) groups is 1. The quantitative estimate of drug-likeness (QED) is 0.757. The van der Waals surface area contributed by atoms with E-state index in [1.165, 1.54) is 24.1 Å². The third-order valence-electron chi connectivity index (χ3n) is 6.72. The van der Waals surface area contributed by atoms with E-state index in [9.17, 15) is 9.18 Å². The van der Waals surface area contributed by atoms with Crippen molar-refractivity contribution in [2.24, 2.45) is 0 Å². The first-order chi connectivity index (χ1) is 14.2. The van der Waals surface area contributed by atoms with E-state index in [4.69, 9.17) is 4.98 Å². The standard InChI is InChI=1S/C22H29FN4OS/c23-17-6-4-16(5-7-17)22-24-19-8-9-25(14-20(19)29-22)15-21(28)27-12-10-26(11-13-27)18-2-1-3-18/h4-6,17-18H,1-3,7-15H2. The van der Waals surface area contributed by atoms with Crippen LogP contribution in [0.3, 0.4) is 0 Å². The predicted octanol–water partition coefficient (Wildman–Crippen LogP) is 2.88. The maximum absolute atomic E-state index is 13.3. The molecule has 1 saturated carbocycles. The molecule has 2 fully saturated rings. The Bertz CT molecular complexity index is 823. The first kappa shape index (κ1) is 19.4. The number of nitrogens with zero attached hydrogens (tertiary/aromatic N) is 4. The van der Waals surface area contributed by atoms with Gasteiger partial charge in [0.2, 0.25) is 5.91 Å². The lowest BCUT2D eigenvalue weighted by molar-refractivity contribution is -0.135. The maximum atomic E-state index is 13.3. The van der Waals surface area contributed by atoms with Crippen LogP contribution in [0.25, 0.3) is 5.57 Å². The Morgan fingerprint density at radius 3 is 2.72 bits per heavy atom. The van der Waals surface area contributed by atoms with Crippen LogP contribution in [0.4, 0.5) is 4.39 Å². The Morgan fingerprint density at radius 2 is 2.03 bits per heavy atom. The van der Waals surface area contributed by atoms with Gasteiger partial charge in [-0.05, 0) is 18.9 Å². The topological polar surface area (TPSA) is 39.7 Å². The lowest BCUT2D eigenvalue weighted by Gasteiger charge is -2.43. The third-order valence-corrected chi connectivity index (χ3v) is 7.85. The van der Waals surface area contributed by atoms with Crippen molar-refractivity contribution in [3.05, 3.63) is 33.8 Å². The molecule has 5 rings (SSSR count). The summed E-state index contributed by atoms with van der Waals surface area (Å²) in [6, 6.07) is 0.776. The summed E-state index contributed by atoms with van der Waals surface area (Å²) in [6.07, 6.45) is 9.90. The molecule has 29 heavy (non-hydrogen) atoms. The second-order valence-electron chi connectivity index (χ2n) is 8.62. The second-order valence-corrected chi connectivity index (χ2v) is 9.70. The van der Waals surface area contributed by atoms with Gasteiger partial charge in [-0.15, -0.1) is 11.3 Å². The molecule has 0 spiro atoms. The monoisotopic (exact) mass is 416 g/mol. The lowest BCUT2D eigenvalue weighted by atomic mass is 9.91. The predicted molar refractivity (Wildman–Crippen MR) is 114 cm³/mol. The highest BCUT2D eigenvalue weighted by molar-refractivity contribution is 7.12. The van der Waals surface area contributed by atoms with Crippen molar-refractivity contribution >= 4 is 22.8 Å². The van der Waals surface area contributed by atoms with Crippen LogP contribution < -0.4 is 0 Å². The molecule has 3 heterocycles.